The molecule has 2 aromatic carbocycles. The van der Waals surface area contributed by atoms with Gasteiger partial charge in [0.25, 0.3) is 5.91 Å². The molecule has 0 aromatic heterocycles. The van der Waals surface area contributed by atoms with Crippen molar-refractivity contribution in [3.05, 3.63) is 58.1 Å². The minimum Gasteiger partial charge on any atom is -0.351 e. The van der Waals surface area contributed by atoms with Crippen LogP contribution in [0, 0.1) is 6.92 Å². The fourth-order valence-electron chi connectivity index (χ4n) is 1.78. The van der Waals surface area contributed by atoms with Crippen LogP contribution in [-0.4, -0.2) is 11.9 Å². The molecular formula is C15H14BrN3O2. The lowest BCUT2D eigenvalue weighted by atomic mass is 10.1. The lowest BCUT2D eigenvalue weighted by molar-refractivity contribution is 0.102. The Bertz CT molecular complexity index is 684. The van der Waals surface area contributed by atoms with Gasteiger partial charge in [0.15, 0.2) is 0 Å². The molecule has 0 saturated heterocycles. The van der Waals surface area contributed by atoms with Crippen molar-refractivity contribution in [1.82, 2.24) is 0 Å². The van der Waals surface area contributed by atoms with Crippen molar-refractivity contribution in [3.8, 4) is 0 Å². The predicted molar refractivity (Wildman–Crippen MR) is 86.5 cm³/mol. The van der Waals surface area contributed by atoms with Gasteiger partial charge >= 0.3 is 6.03 Å². The van der Waals surface area contributed by atoms with E-state index >= 15 is 0 Å². The molecule has 0 heterocycles. The number of hydrogen-bond acceptors (Lipinski definition) is 2. The molecule has 0 saturated carbocycles. The van der Waals surface area contributed by atoms with Gasteiger partial charge in [-0.3, -0.25) is 4.79 Å². The van der Waals surface area contributed by atoms with Crippen molar-refractivity contribution in [3.63, 3.8) is 0 Å². The second-order valence-electron chi connectivity index (χ2n) is 4.50. The molecule has 0 fully saturated rings. The van der Waals surface area contributed by atoms with E-state index < -0.39 is 6.03 Å². The zero-order chi connectivity index (χ0) is 15.4. The first-order valence-electron chi connectivity index (χ1n) is 6.20. The number of aryl methyl sites for hydroxylation is 1. The monoisotopic (exact) mass is 347 g/mol. The Kier molecular flexibility index (Phi) is 4.59. The summed E-state index contributed by atoms with van der Waals surface area (Å²) in [4.78, 5) is 22.9. The molecule has 0 radical (unpaired) electrons. The van der Waals surface area contributed by atoms with E-state index in [2.05, 4.69) is 26.6 Å². The summed E-state index contributed by atoms with van der Waals surface area (Å²) in [5, 5.41) is 5.24. The number of primary amides is 1. The number of carbonyl (C=O) groups excluding carboxylic acids is 2. The number of urea groups is 1. The summed E-state index contributed by atoms with van der Waals surface area (Å²) in [6, 6.07) is 11.6. The molecule has 5 nitrogen and oxygen atoms in total. The summed E-state index contributed by atoms with van der Waals surface area (Å²) in [6.45, 7) is 1.96. The van der Waals surface area contributed by atoms with Crippen LogP contribution in [0.1, 0.15) is 15.9 Å². The molecular weight excluding hydrogens is 334 g/mol. The molecule has 0 spiro atoms. The van der Waals surface area contributed by atoms with Gasteiger partial charge < -0.3 is 16.4 Å². The molecule has 0 aliphatic rings. The van der Waals surface area contributed by atoms with Crippen LogP contribution in [-0.2, 0) is 0 Å². The highest BCUT2D eigenvalue weighted by atomic mass is 79.9. The summed E-state index contributed by atoms with van der Waals surface area (Å²) in [5.74, 6) is -0.211. The molecule has 21 heavy (non-hydrogen) atoms. The van der Waals surface area contributed by atoms with Crippen molar-refractivity contribution in [1.29, 1.82) is 0 Å². The molecule has 0 aliphatic carbocycles. The summed E-state index contributed by atoms with van der Waals surface area (Å²) >= 11 is 3.38. The second kappa shape index (κ2) is 6.41. The SMILES string of the molecule is Cc1ccc(C(=O)Nc2ccc(NC(N)=O)cc2)c(Br)c1. The molecule has 2 aromatic rings. The zero-order valence-electron chi connectivity index (χ0n) is 11.3. The van der Waals surface area contributed by atoms with Gasteiger partial charge in [-0.05, 0) is 64.8 Å². The number of anilines is 2. The maximum absolute atomic E-state index is 12.2. The third-order valence-electron chi connectivity index (χ3n) is 2.78. The average molecular weight is 348 g/mol. The zero-order valence-corrected chi connectivity index (χ0v) is 12.9. The number of nitrogens with one attached hydrogen (secondary N) is 2. The minimum atomic E-state index is -0.629. The third-order valence-corrected chi connectivity index (χ3v) is 3.44. The normalized spacial score (nSPS) is 10.0. The first kappa shape index (κ1) is 15.1. The van der Waals surface area contributed by atoms with E-state index in [0.29, 0.717) is 16.9 Å². The fraction of sp³-hybridized carbons (Fsp3) is 0.0667. The molecule has 2 rings (SSSR count). The Balaban J connectivity index is 2.10. The van der Waals surface area contributed by atoms with E-state index in [4.69, 9.17) is 5.73 Å². The molecule has 6 heteroatoms. The highest BCUT2D eigenvalue weighted by Gasteiger charge is 2.10. The number of benzene rings is 2. The van der Waals surface area contributed by atoms with Gasteiger partial charge in [0.05, 0.1) is 5.56 Å². The number of rotatable bonds is 3. The number of carbonyl (C=O) groups is 2. The lowest BCUT2D eigenvalue weighted by Gasteiger charge is -2.08. The van der Waals surface area contributed by atoms with Gasteiger partial charge in [0, 0.05) is 15.8 Å². The van der Waals surface area contributed by atoms with Gasteiger partial charge in [-0.1, -0.05) is 6.07 Å². The molecule has 0 atom stereocenters. The summed E-state index contributed by atoms with van der Waals surface area (Å²) < 4.78 is 0.743. The van der Waals surface area contributed by atoms with Crippen molar-refractivity contribution >= 4 is 39.2 Å². The Morgan fingerprint density at radius 1 is 1.00 bits per heavy atom. The fourth-order valence-corrected chi connectivity index (χ4v) is 2.46. The summed E-state index contributed by atoms with van der Waals surface area (Å²) in [6.07, 6.45) is 0. The highest BCUT2D eigenvalue weighted by molar-refractivity contribution is 9.10. The largest absolute Gasteiger partial charge is 0.351 e. The van der Waals surface area contributed by atoms with E-state index in [1.54, 1.807) is 30.3 Å². The smallest absolute Gasteiger partial charge is 0.316 e. The number of halogens is 1. The topological polar surface area (TPSA) is 84.2 Å². The van der Waals surface area contributed by atoms with Crippen LogP contribution in [0.15, 0.2) is 46.9 Å². The van der Waals surface area contributed by atoms with E-state index in [1.807, 2.05) is 19.1 Å². The average Bonchev–Trinajstić information content (AvgIpc) is 2.40. The predicted octanol–water partition coefficient (Wildman–Crippen LogP) is 3.50. The van der Waals surface area contributed by atoms with Gasteiger partial charge in [-0.2, -0.15) is 0 Å². The van der Waals surface area contributed by atoms with Gasteiger partial charge in [-0.15, -0.1) is 0 Å². The summed E-state index contributed by atoms with van der Waals surface area (Å²) in [5.41, 5.74) is 7.84. The van der Waals surface area contributed by atoms with Gasteiger partial charge in [-0.25, -0.2) is 4.79 Å². The number of nitrogens with two attached hydrogens (primary N) is 1. The Hall–Kier alpha value is -2.34. The van der Waals surface area contributed by atoms with Crippen molar-refractivity contribution < 1.29 is 9.59 Å². The molecule has 0 unspecified atom stereocenters. The summed E-state index contributed by atoms with van der Waals surface area (Å²) in [7, 11) is 0. The molecule has 0 bridgehead atoms. The Labute approximate surface area is 130 Å². The van der Waals surface area contributed by atoms with E-state index in [0.717, 1.165) is 10.0 Å². The van der Waals surface area contributed by atoms with Crippen LogP contribution in [0.4, 0.5) is 16.2 Å². The maximum atomic E-state index is 12.2. The van der Waals surface area contributed by atoms with Crippen LogP contribution in [0.3, 0.4) is 0 Å². The second-order valence-corrected chi connectivity index (χ2v) is 5.36. The Morgan fingerprint density at radius 2 is 1.57 bits per heavy atom. The van der Waals surface area contributed by atoms with Gasteiger partial charge in [0.1, 0.15) is 0 Å². The van der Waals surface area contributed by atoms with Crippen molar-refractivity contribution in [2.45, 2.75) is 6.92 Å². The van der Waals surface area contributed by atoms with Crippen LogP contribution in [0.2, 0.25) is 0 Å². The van der Waals surface area contributed by atoms with Gasteiger partial charge in [0.2, 0.25) is 0 Å². The molecule has 108 valence electrons. The van der Waals surface area contributed by atoms with Crippen molar-refractivity contribution in [2.24, 2.45) is 5.73 Å². The maximum Gasteiger partial charge on any atom is 0.316 e. The highest BCUT2D eigenvalue weighted by Crippen LogP contribution is 2.20. The van der Waals surface area contributed by atoms with Crippen LogP contribution >= 0.6 is 15.9 Å². The van der Waals surface area contributed by atoms with Crippen molar-refractivity contribution in [2.75, 3.05) is 10.6 Å². The van der Waals surface area contributed by atoms with E-state index in [1.165, 1.54) is 0 Å². The first-order chi connectivity index (χ1) is 9.95. The first-order valence-corrected chi connectivity index (χ1v) is 6.99. The number of hydrogen-bond donors (Lipinski definition) is 3. The van der Waals surface area contributed by atoms with E-state index in [-0.39, 0.29) is 5.91 Å². The molecule has 4 N–H and O–H groups in total. The quantitative estimate of drug-likeness (QED) is 0.793. The molecule has 3 amide bonds. The minimum absolute atomic E-state index is 0.211. The third kappa shape index (κ3) is 4.06. The Morgan fingerprint density at radius 3 is 2.10 bits per heavy atom. The van der Waals surface area contributed by atoms with Crippen LogP contribution in [0.25, 0.3) is 0 Å². The van der Waals surface area contributed by atoms with E-state index in [9.17, 15) is 9.59 Å². The standard InChI is InChI=1S/C15H14BrN3O2/c1-9-2-7-12(13(16)8-9)14(20)18-10-3-5-11(6-4-10)19-15(17)21/h2-8H,1H3,(H,18,20)(H3,17,19,21). The molecule has 0 aliphatic heterocycles. The van der Waals surface area contributed by atoms with Crippen LogP contribution < -0.4 is 16.4 Å². The number of amides is 3. The van der Waals surface area contributed by atoms with Crippen LogP contribution in [0.5, 0.6) is 0 Å². The lowest BCUT2D eigenvalue weighted by Crippen LogP contribution is -2.19.